The van der Waals surface area contributed by atoms with E-state index in [4.69, 9.17) is 16.9 Å². The van der Waals surface area contributed by atoms with Crippen LogP contribution in [-0.2, 0) is 19.1 Å². The number of nitrogens with two attached hydrogens (primary N) is 1. The van der Waals surface area contributed by atoms with E-state index >= 15 is 0 Å². The SMILES string of the molecule is C#Cc1ccccc1C(C(=O)NCCCC)N(C(=O)C(CCC(N)=O)NC(=O)OC(C)(C)C)C(C)CC. The largest absolute Gasteiger partial charge is 0.444 e. The number of primary amides is 1. The van der Waals surface area contributed by atoms with E-state index in [-0.39, 0.29) is 18.7 Å². The first kappa shape index (κ1) is 31.5. The molecule has 37 heavy (non-hydrogen) atoms. The third-order valence-electron chi connectivity index (χ3n) is 5.76. The molecule has 1 aromatic carbocycles. The Morgan fingerprint density at radius 1 is 1.16 bits per heavy atom. The molecule has 0 radical (unpaired) electrons. The molecule has 0 bridgehead atoms. The number of hydrogen-bond donors (Lipinski definition) is 3. The number of nitrogens with one attached hydrogen (secondary N) is 2. The van der Waals surface area contributed by atoms with Gasteiger partial charge in [-0.05, 0) is 58.6 Å². The highest BCUT2D eigenvalue weighted by atomic mass is 16.6. The molecule has 0 fully saturated rings. The van der Waals surface area contributed by atoms with Gasteiger partial charge in [0.2, 0.25) is 17.7 Å². The van der Waals surface area contributed by atoms with Gasteiger partial charge in [0.05, 0.1) is 0 Å². The third kappa shape index (κ3) is 10.2. The molecule has 0 saturated carbocycles. The van der Waals surface area contributed by atoms with Crippen molar-refractivity contribution >= 4 is 23.8 Å². The van der Waals surface area contributed by atoms with E-state index in [0.29, 0.717) is 24.1 Å². The first-order valence-corrected chi connectivity index (χ1v) is 12.8. The van der Waals surface area contributed by atoms with Gasteiger partial charge in [0, 0.05) is 24.6 Å². The fraction of sp³-hybridized carbons (Fsp3) is 0.571. The maximum atomic E-state index is 14.1. The van der Waals surface area contributed by atoms with Crippen LogP contribution in [0.25, 0.3) is 0 Å². The van der Waals surface area contributed by atoms with Gasteiger partial charge in [-0.3, -0.25) is 14.4 Å². The van der Waals surface area contributed by atoms with Crippen LogP contribution in [0.15, 0.2) is 24.3 Å². The van der Waals surface area contributed by atoms with E-state index in [1.807, 2.05) is 20.8 Å². The predicted molar refractivity (Wildman–Crippen MR) is 143 cm³/mol. The van der Waals surface area contributed by atoms with Crippen LogP contribution in [0.5, 0.6) is 0 Å². The van der Waals surface area contributed by atoms with Crippen LogP contribution < -0.4 is 16.4 Å². The Labute approximate surface area is 220 Å². The monoisotopic (exact) mass is 514 g/mol. The Hall–Kier alpha value is -3.54. The Balaban J connectivity index is 3.58. The van der Waals surface area contributed by atoms with Crippen LogP contribution in [0.2, 0.25) is 0 Å². The summed E-state index contributed by atoms with van der Waals surface area (Å²) >= 11 is 0. The topological polar surface area (TPSA) is 131 Å². The Kier molecular flexibility index (Phi) is 12.7. The minimum Gasteiger partial charge on any atom is -0.444 e. The highest BCUT2D eigenvalue weighted by molar-refractivity contribution is 5.93. The molecule has 4 amide bonds. The molecule has 0 aliphatic carbocycles. The zero-order valence-corrected chi connectivity index (χ0v) is 22.9. The van der Waals surface area contributed by atoms with Crippen molar-refractivity contribution in [3.8, 4) is 12.3 Å². The number of alkyl carbamates (subject to hydrolysis) is 1. The number of benzene rings is 1. The zero-order valence-electron chi connectivity index (χ0n) is 22.9. The number of ether oxygens (including phenoxy) is 1. The second kappa shape index (κ2) is 14.9. The van der Waals surface area contributed by atoms with Crippen LogP contribution >= 0.6 is 0 Å². The van der Waals surface area contributed by atoms with E-state index in [2.05, 4.69) is 16.6 Å². The first-order chi connectivity index (χ1) is 17.4. The van der Waals surface area contributed by atoms with E-state index in [1.54, 1.807) is 45.0 Å². The second-order valence-corrected chi connectivity index (χ2v) is 9.99. The third-order valence-corrected chi connectivity index (χ3v) is 5.76. The Morgan fingerprint density at radius 2 is 1.81 bits per heavy atom. The maximum Gasteiger partial charge on any atom is 0.408 e. The molecular formula is C28H42N4O5. The van der Waals surface area contributed by atoms with Gasteiger partial charge in [0.25, 0.3) is 0 Å². The molecule has 4 N–H and O–H groups in total. The lowest BCUT2D eigenvalue weighted by atomic mass is 9.95. The van der Waals surface area contributed by atoms with Gasteiger partial charge in [0.15, 0.2) is 0 Å². The number of nitrogens with zero attached hydrogens (tertiary/aromatic N) is 1. The Bertz CT molecular complexity index is 980. The van der Waals surface area contributed by atoms with Crippen molar-refractivity contribution in [3.63, 3.8) is 0 Å². The summed E-state index contributed by atoms with van der Waals surface area (Å²) in [7, 11) is 0. The van der Waals surface area contributed by atoms with Crippen LogP contribution in [0.3, 0.4) is 0 Å². The van der Waals surface area contributed by atoms with Crippen molar-refractivity contribution in [2.75, 3.05) is 6.54 Å². The molecule has 0 aliphatic rings. The van der Waals surface area contributed by atoms with Crippen molar-refractivity contribution in [2.24, 2.45) is 5.73 Å². The number of carbonyl (C=O) groups excluding carboxylic acids is 4. The van der Waals surface area contributed by atoms with Crippen molar-refractivity contribution in [2.45, 2.75) is 97.4 Å². The summed E-state index contributed by atoms with van der Waals surface area (Å²) in [6.45, 7) is 11.3. The number of rotatable bonds is 13. The highest BCUT2D eigenvalue weighted by Crippen LogP contribution is 2.29. The van der Waals surface area contributed by atoms with E-state index < -0.39 is 41.6 Å². The lowest BCUT2D eigenvalue weighted by molar-refractivity contribution is -0.145. The summed E-state index contributed by atoms with van der Waals surface area (Å²) < 4.78 is 5.34. The van der Waals surface area contributed by atoms with Gasteiger partial charge in [-0.2, -0.15) is 0 Å². The van der Waals surface area contributed by atoms with E-state index in [0.717, 1.165) is 12.8 Å². The summed E-state index contributed by atoms with van der Waals surface area (Å²) in [4.78, 5) is 53.3. The number of hydrogen-bond acceptors (Lipinski definition) is 5. The normalized spacial score (nSPS) is 13.4. The number of carbonyl (C=O) groups is 4. The molecule has 1 rings (SSSR count). The highest BCUT2D eigenvalue weighted by Gasteiger charge is 2.39. The fourth-order valence-electron chi connectivity index (χ4n) is 3.74. The molecule has 0 aromatic heterocycles. The number of unbranched alkanes of at least 4 members (excludes halogenated alkanes) is 1. The average molecular weight is 515 g/mol. The molecule has 9 heteroatoms. The number of terminal acetylenes is 1. The van der Waals surface area contributed by atoms with Gasteiger partial charge >= 0.3 is 6.09 Å². The standard InChI is InChI=1S/C28H42N4O5/c1-8-11-18-30-25(34)24(21-15-13-12-14-20(21)10-3)32(19(4)9-2)26(35)22(16-17-23(29)33)31-27(36)37-28(5,6)7/h3,12-15,19,22,24H,8-9,11,16-18H2,1-2,4-7H3,(H2,29,33)(H,30,34)(H,31,36). The summed E-state index contributed by atoms with van der Waals surface area (Å²) in [5, 5.41) is 5.50. The Morgan fingerprint density at radius 3 is 2.35 bits per heavy atom. The van der Waals surface area contributed by atoms with Gasteiger partial charge in [-0.1, -0.05) is 44.4 Å². The van der Waals surface area contributed by atoms with Crippen molar-refractivity contribution in [3.05, 3.63) is 35.4 Å². The molecule has 3 unspecified atom stereocenters. The maximum absolute atomic E-state index is 14.1. The number of amides is 4. The summed E-state index contributed by atoms with van der Waals surface area (Å²) in [5.41, 5.74) is 5.52. The van der Waals surface area contributed by atoms with Gasteiger partial charge in [0.1, 0.15) is 17.7 Å². The fourth-order valence-corrected chi connectivity index (χ4v) is 3.74. The molecule has 1 aromatic rings. The summed E-state index contributed by atoms with van der Waals surface area (Å²) in [6, 6.07) is 4.34. The minimum absolute atomic E-state index is 0.0543. The lowest BCUT2D eigenvalue weighted by Gasteiger charge is -2.38. The summed E-state index contributed by atoms with van der Waals surface area (Å²) in [6.07, 6.45) is 6.92. The van der Waals surface area contributed by atoms with Gasteiger partial charge in [-0.15, -0.1) is 6.42 Å². The first-order valence-electron chi connectivity index (χ1n) is 12.8. The lowest BCUT2D eigenvalue weighted by Crippen LogP contribution is -2.55. The van der Waals surface area contributed by atoms with E-state index in [1.165, 1.54) is 4.90 Å². The minimum atomic E-state index is -1.15. The molecular weight excluding hydrogens is 472 g/mol. The van der Waals surface area contributed by atoms with Crippen LogP contribution in [0.1, 0.15) is 90.8 Å². The quantitative estimate of drug-likeness (QED) is 0.274. The van der Waals surface area contributed by atoms with Crippen molar-refractivity contribution < 1.29 is 23.9 Å². The molecule has 0 saturated heterocycles. The average Bonchev–Trinajstić information content (AvgIpc) is 2.83. The molecule has 9 nitrogen and oxygen atoms in total. The predicted octanol–water partition coefficient (Wildman–Crippen LogP) is 3.41. The van der Waals surface area contributed by atoms with Crippen LogP contribution in [0, 0.1) is 12.3 Å². The summed E-state index contributed by atoms with van der Waals surface area (Å²) in [5.74, 6) is 1.07. The molecule has 0 aliphatic heterocycles. The molecule has 0 spiro atoms. The smallest absolute Gasteiger partial charge is 0.408 e. The molecule has 3 atom stereocenters. The molecule has 0 heterocycles. The van der Waals surface area contributed by atoms with E-state index in [9.17, 15) is 19.2 Å². The zero-order chi connectivity index (χ0) is 28.2. The van der Waals surface area contributed by atoms with Crippen molar-refractivity contribution in [1.82, 2.24) is 15.5 Å². The molecule has 204 valence electrons. The van der Waals surface area contributed by atoms with Gasteiger partial charge in [-0.25, -0.2) is 4.79 Å². The second-order valence-electron chi connectivity index (χ2n) is 9.99. The van der Waals surface area contributed by atoms with Gasteiger partial charge < -0.3 is 26.0 Å². The van der Waals surface area contributed by atoms with Crippen molar-refractivity contribution in [1.29, 1.82) is 0 Å². The van der Waals surface area contributed by atoms with Crippen LogP contribution in [0.4, 0.5) is 4.79 Å². The van der Waals surface area contributed by atoms with Crippen LogP contribution in [-0.4, -0.2) is 52.9 Å².